The van der Waals surface area contributed by atoms with Crippen LogP contribution in [0.15, 0.2) is 48.5 Å². The first-order valence-corrected chi connectivity index (χ1v) is 9.31. The van der Waals surface area contributed by atoms with Gasteiger partial charge in [-0.3, -0.25) is 4.79 Å². The van der Waals surface area contributed by atoms with Crippen LogP contribution in [0.4, 0.5) is 4.39 Å². The van der Waals surface area contributed by atoms with Gasteiger partial charge in [-0.25, -0.2) is 9.07 Å². The van der Waals surface area contributed by atoms with Crippen LogP contribution < -0.4 is 0 Å². The molecule has 0 atom stereocenters. The summed E-state index contributed by atoms with van der Waals surface area (Å²) in [6.07, 6.45) is 0. The van der Waals surface area contributed by atoms with Crippen molar-refractivity contribution in [3.8, 4) is 16.9 Å². The lowest BCUT2D eigenvalue weighted by molar-refractivity contribution is 0.0764. The predicted molar refractivity (Wildman–Crippen MR) is 106 cm³/mol. The maximum Gasteiger partial charge on any atom is 0.272 e. The molecule has 0 saturated heterocycles. The Morgan fingerprint density at radius 2 is 1.78 bits per heavy atom. The zero-order valence-corrected chi connectivity index (χ0v) is 16.4. The molecule has 1 heterocycles. The fourth-order valence-corrected chi connectivity index (χ4v) is 3.11. The lowest BCUT2D eigenvalue weighted by atomic mass is 10.1. The normalized spacial score (nSPS) is 10.9. The Hall–Kier alpha value is -2.37. The Morgan fingerprint density at radius 1 is 1.07 bits per heavy atom. The predicted octanol–water partition coefficient (Wildman–Crippen LogP) is 5.47. The number of rotatable bonds is 5. The molecule has 27 heavy (non-hydrogen) atoms. The molecule has 140 valence electrons. The number of carbonyl (C=O) groups excluding carboxylic acids is 1. The molecule has 7 heteroatoms. The standard InChI is InChI=1S/C20H18Cl2FN3O/c1-3-25(4-2)20(27)19-12-18(14-7-5-6-8-17(14)23)24-26(19)13-9-10-15(21)16(22)11-13/h5-12H,3-4H2,1-2H3. The highest BCUT2D eigenvalue weighted by molar-refractivity contribution is 6.42. The minimum Gasteiger partial charge on any atom is -0.338 e. The first kappa shape index (κ1) is 19.4. The van der Waals surface area contributed by atoms with Crippen LogP contribution in [0.1, 0.15) is 24.3 Å². The molecule has 0 aliphatic carbocycles. The van der Waals surface area contributed by atoms with E-state index in [1.165, 1.54) is 10.7 Å². The maximum absolute atomic E-state index is 14.2. The molecule has 0 fully saturated rings. The molecule has 3 rings (SSSR count). The molecule has 0 saturated carbocycles. The van der Waals surface area contributed by atoms with Crippen LogP contribution in [0.25, 0.3) is 16.9 Å². The zero-order chi connectivity index (χ0) is 19.6. The van der Waals surface area contributed by atoms with Crippen molar-refractivity contribution >= 4 is 29.1 Å². The first-order valence-electron chi connectivity index (χ1n) is 8.55. The van der Waals surface area contributed by atoms with E-state index in [1.54, 1.807) is 47.4 Å². The average Bonchev–Trinajstić information content (AvgIpc) is 3.10. The van der Waals surface area contributed by atoms with Gasteiger partial charge in [-0.2, -0.15) is 5.10 Å². The van der Waals surface area contributed by atoms with E-state index in [4.69, 9.17) is 23.2 Å². The van der Waals surface area contributed by atoms with E-state index in [0.717, 1.165) is 0 Å². The van der Waals surface area contributed by atoms with Gasteiger partial charge in [0.1, 0.15) is 11.5 Å². The number of carbonyl (C=O) groups is 1. The van der Waals surface area contributed by atoms with Crippen LogP contribution in [-0.4, -0.2) is 33.7 Å². The van der Waals surface area contributed by atoms with Gasteiger partial charge >= 0.3 is 0 Å². The Morgan fingerprint density at radius 3 is 2.41 bits per heavy atom. The smallest absolute Gasteiger partial charge is 0.272 e. The lowest BCUT2D eigenvalue weighted by Gasteiger charge is -2.19. The van der Waals surface area contributed by atoms with Crippen LogP contribution in [0, 0.1) is 5.82 Å². The van der Waals surface area contributed by atoms with E-state index >= 15 is 0 Å². The van der Waals surface area contributed by atoms with Crippen molar-refractivity contribution in [2.24, 2.45) is 0 Å². The SMILES string of the molecule is CCN(CC)C(=O)c1cc(-c2ccccc2F)nn1-c1ccc(Cl)c(Cl)c1. The number of aromatic nitrogens is 2. The van der Waals surface area contributed by atoms with Crippen LogP contribution in [-0.2, 0) is 0 Å². The zero-order valence-electron chi connectivity index (χ0n) is 14.9. The summed E-state index contributed by atoms with van der Waals surface area (Å²) in [5, 5.41) is 5.23. The van der Waals surface area contributed by atoms with Gasteiger partial charge in [0, 0.05) is 18.7 Å². The topological polar surface area (TPSA) is 38.1 Å². The molecule has 0 unspecified atom stereocenters. The summed E-state index contributed by atoms with van der Waals surface area (Å²) >= 11 is 12.1. The summed E-state index contributed by atoms with van der Waals surface area (Å²) in [6, 6.07) is 12.9. The molecule has 3 aromatic rings. The Balaban J connectivity index is 2.19. The number of hydrogen-bond donors (Lipinski definition) is 0. The van der Waals surface area contributed by atoms with E-state index in [-0.39, 0.29) is 5.91 Å². The van der Waals surface area contributed by atoms with Gasteiger partial charge in [-0.1, -0.05) is 35.3 Å². The maximum atomic E-state index is 14.2. The molecular weight excluding hydrogens is 388 g/mol. The van der Waals surface area contributed by atoms with Crippen molar-refractivity contribution < 1.29 is 9.18 Å². The molecule has 0 aliphatic rings. The van der Waals surface area contributed by atoms with Crippen LogP contribution >= 0.6 is 23.2 Å². The largest absolute Gasteiger partial charge is 0.338 e. The molecule has 0 radical (unpaired) electrons. The lowest BCUT2D eigenvalue weighted by Crippen LogP contribution is -2.32. The molecule has 4 nitrogen and oxygen atoms in total. The summed E-state index contributed by atoms with van der Waals surface area (Å²) in [7, 11) is 0. The summed E-state index contributed by atoms with van der Waals surface area (Å²) in [4.78, 5) is 14.7. The number of amides is 1. The quantitative estimate of drug-likeness (QED) is 0.564. The van der Waals surface area contributed by atoms with Crippen molar-refractivity contribution in [3.05, 3.63) is 70.1 Å². The molecule has 0 aliphatic heterocycles. The number of nitrogens with zero attached hydrogens (tertiary/aromatic N) is 3. The van der Waals surface area contributed by atoms with Gasteiger partial charge in [0.25, 0.3) is 5.91 Å². The van der Waals surface area contributed by atoms with Gasteiger partial charge in [0.15, 0.2) is 0 Å². The van der Waals surface area contributed by atoms with E-state index < -0.39 is 5.82 Å². The third-order valence-corrected chi connectivity index (χ3v) is 5.02. The summed E-state index contributed by atoms with van der Waals surface area (Å²) < 4.78 is 15.7. The molecule has 0 spiro atoms. The fraction of sp³-hybridized carbons (Fsp3) is 0.200. The van der Waals surface area contributed by atoms with Gasteiger partial charge in [-0.15, -0.1) is 0 Å². The fourth-order valence-electron chi connectivity index (χ4n) is 2.82. The number of halogens is 3. The van der Waals surface area contributed by atoms with Crippen LogP contribution in [0.5, 0.6) is 0 Å². The van der Waals surface area contributed by atoms with Crippen molar-refractivity contribution in [1.82, 2.24) is 14.7 Å². The third kappa shape index (κ3) is 3.84. The molecule has 1 amide bonds. The Kier molecular flexibility index (Phi) is 5.82. The number of benzene rings is 2. The van der Waals surface area contributed by atoms with Crippen LogP contribution in [0.3, 0.4) is 0 Å². The highest BCUT2D eigenvalue weighted by atomic mass is 35.5. The van der Waals surface area contributed by atoms with Gasteiger partial charge in [0.05, 0.1) is 21.4 Å². The van der Waals surface area contributed by atoms with E-state index in [9.17, 15) is 9.18 Å². The Labute approximate surface area is 167 Å². The third-order valence-electron chi connectivity index (χ3n) is 4.28. The molecule has 2 aromatic carbocycles. The first-order chi connectivity index (χ1) is 13.0. The minimum absolute atomic E-state index is 0.193. The van der Waals surface area contributed by atoms with Crippen molar-refractivity contribution in [2.75, 3.05) is 13.1 Å². The minimum atomic E-state index is -0.405. The highest BCUT2D eigenvalue weighted by Crippen LogP contribution is 2.28. The molecular formula is C20H18Cl2FN3O. The summed E-state index contributed by atoms with van der Waals surface area (Å²) in [5.41, 5.74) is 1.59. The van der Waals surface area contributed by atoms with Gasteiger partial charge < -0.3 is 4.90 Å². The van der Waals surface area contributed by atoms with Crippen molar-refractivity contribution in [3.63, 3.8) is 0 Å². The second kappa shape index (κ2) is 8.11. The number of hydrogen-bond acceptors (Lipinski definition) is 2. The second-order valence-corrected chi connectivity index (χ2v) is 6.70. The van der Waals surface area contributed by atoms with E-state index in [0.29, 0.717) is 45.8 Å². The van der Waals surface area contributed by atoms with E-state index in [2.05, 4.69) is 5.10 Å². The van der Waals surface area contributed by atoms with Crippen molar-refractivity contribution in [2.45, 2.75) is 13.8 Å². The Bertz CT molecular complexity index is 983. The monoisotopic (exact) mass is 405 g/mol. The average molecular weight is 406 g/mol. The molecule has 0 bridgehead atoms. The van der Waals surface area contributed by atoms with E-state index in [1.807, 2.05) is 13.8 Å². The van der Waals surface area contributed by atoms with Gasteiger partial charge in [-0.05, 0) is 50.2 Å². The molecule has 1 aromatic heterocycles. The summed E-state index contributed by atoms with van der Waals surface area (Å²) in [5.74, 6) is -0.598. The van der Waals surface area contributed by atoms with Crippen LogP contribution in [0.2, 0.25) is 10.0 Å². The van der Waals surface area contributed by atoms with Crippen molar-refractivity contribution in [1.29, 1.82) is 0 Å². The summed E-state index contributed by atoms with van der Waals surface area (Å²) in [6.45, 7) is 4.91. The molecule has 0 N–H and O–H groups in total. The second-order valence-electron chi connectivity index (χ2n) is 5.88. The van der Waals surface area contributed by atoms with Gasteiger partial charge in [0.2, 0.25) is 0 Å². The highest BCUT2D eigenvalue weighted by Gasteiger charge is 2.22.